The van der Waals surface area contributed by atoms with Gasteiger partial charge in [0.1, 0.15) is 0 Å². The van der Waals surface area contributed by atoms with Gasteiger partial charge in [0.15, 0.2) is 15.7 Å². The Labute approximate surface area is 126 Å². The fraction of sp³-hybridized carbons (Fsp3) is 0.143. The molecule has 3 rings (SSSR count). The number of rotatable bonds is 5. The summed E-state index contributed by atoms with van der Waals surface area (Å²) in [7, 11) is -3.32. The van der Waals surface area contributed by atoms with Crippen molar-refractivity contribution in [1.82, 2.24) is 10.1 Å². The molecule has 108 valence electrons. The van der Waals surface area contributed by atoms with E-state index in [1.54, 1.807) is 30.3 Å². The van der Waals surface area contributed by atoms with Gasteiger partial charge in [-0.25, -0.2) is 8.42 Å². The number of hydrogen-bond acceptors (Lipinski definition) is 6. The Bertz CT molecular complexity index is 809. The van der Waals surface area contributed by atoms with Crippen molar-refractivity contribution >= 4 is 21.2 Å². The first-order valence-electron chi connectivity index (χ1n) is 6.29. The Hall–Kier alpha value is -1.99. The van der Waals surface area contributed by atoms with E-state index in [2.05, 4.69) is 10.1 Å². The lowest BCUT2D eigenvalue weighted by molar-refractivity contribution is 0.424. The van der Waals surface area contributed by atoms with E-state index in [4.69, 9.17) is 4.52 Å². The third kappa shape index (κ3) is 3.20. The van der Waals surface area contributed by atoms with Crippen LogP contribution in [0.4, 0.5) is 0 Å². The molecule has 1 aromatic carbocycles. The maximum atomic E-state index is 12.2. The second-order valence-corrected chi connectivity index (χ2v) is 7.43. The normalized spacial score (nSPS) is 11.6. The monoisotopic (exact) mass is 320 g/mol. The Balaban J connectivity index is 1.71. The molecule has 0 fully saturated rings. The van der Waals surface area contributed by atoms with Gasteiger partial charge in [-0.05, 0) is 23.6 Å². The zero-order valence-electron chi connectivity index (χ0n) is 11.0. The van der Waals surface area contributed by atoms with Gasteiger partial charge in [-0.15, -0.1) is 11.3 Å². The highest BCUT2D eigenvalue weighted by Gasteiger charge is 2.16. The Kier molecular flexibility index (Phi) is 3.85. The molecule has 2 aromatic heterocycles. The fourth-order valence-electron chi connectivity index (χ4n) is 1.83. The smallest absolute Gasteiger partial charge is 0.267 e. The number of aromatic nitrogens is 2. The van der Waals surface area contributed by atoms with E-state index in [1.165, 1.54) is 11.3 Å². The van der Waals surface area contributed by atoms with Crippen LogP contribution in [0.2, 0.25) is 0 Å². The summed E-state index contributed by atoms with van der Waals surface area (Å²) in [6.45, 7) is 0. The third-order valence-electron chi connectivity index (χ3n) is 2.90. The predicted molar refractivity (Wildman–Crippen MR) is 79.8 cm³/mol. The van der Waals surface area contributed by atoms with Gasteiger partial charge in [-0.1, -0.05) is 29.4 Å². The summed E-state index contributed by atoms with van der Waals surface area (Å²) >= 11 is 1.50. The minimum absolute atomic E-state index is 0.0412. The van der Waals surface area contributed by atoms with Gasteiger partial charge in [0.25, 0.3) is 5.89 Å². The minimum atomic E-state index is -3.32. The number of sulfone groups is 1. The van der Waals surface area contributed by atoms with Gasteiger partial charge in [-0.2, -0.15) is 4.98 Å². The van der Waals surface area contributed by atoms with Crippen LogP contribution in [-0.4, -0.2) is 24.3 Å². The maximum Gasteiger partial charge on any atom is 0.267 e. The number of benzene rings is 1. The van der Waals surface area contributed by atoms with Crippen LogP contribution in [0.3, 0.4) is 0 Å². The standard InChI is InChI=1S/C14H12N2O3S2/c17-21(18,11-5-2-1-3-6-11)10-8-13-15-14(19-16-13)12-7-4-9-20-12/h1-7,9H,8,10H2. The van der Waals surface area contributed by atoms with Crippen LogP contribution in [0.25, 0.3) is 10.8 Å². The highest BCUT2D eigenvalue weighted by Crippen LogP contribution is 2.22. The Morgan fingerprint density at radius 3 is 2.62 bits per heavy atom. The molecular weight excluding hydrogens is 308 g/mol. The summed E-state index contributed by atoms with van der Waals surface area (Å²) in [5, 5.41) is 5.74. The van der Waals surface area contributed by atoms with Crippen molar-refractivity contribution in [3.63, 3.8) is 0 Å². The molecule has 0 atom stereocenters. The van der Waals surface area contributed by atoms with Crippen molar-refractivity contribution in [2.24, 2.45) is 0 Å². The Morgan fingerprint density at radius 2 is 1.90 bits per heavy atom. The van der Waals surface area contributed by atoms with Gasteiger partial charge >= 0.3 is 0 Å². The second-order valence-electron chi connectivity index (χ2n) is 4.37. The van der Waals surface area contributed by atoms with E-state index >= 15 is 0 Å². The zero-order chi connectivity index (χ0) is 14.7. The van der Waals surface area contributed by atoms with Gasteiger partial charge in [0.05, 0.1) is 15.5 Å². The zero-order valence-corrected chi connectivity index (χ0v) is 12.6. The molecule has 0 N–H and O–H groups in total. The Morgan fingerprint density at radius 1 is 1.10 bits per heavy atom. The average molecular weight is 320 g/mol. The highest BCUT2D eigenvalue weighted by atomic mass is 32.2. The molecule has 0 saturated heterocycles. The first kappa shape index (κ1) is 14.0. The molecule has 0 saturated carbocycles. The summed E-state index contributed by atoms with van der Waals surface area (Å²) < 4.78 is 29.4. The summed E-state index contributed by atoms with van der Waals surface area (Å²) in [5.41, 5.74) is 0. The second kappa shape index (κ2) is 5.79. The lowest BCUT2D eigenvalue weighted by Crippen LogP contribution is -2.09. The van der Waals surface area contributed by atoms with E-state index in [0.29, 0.717) is 16.6 Å². The number of hydrogen-bond donors (Lipinski definition) is 0. The fourth-order valence-corrected chi connectivity index (χ4v) is 3.73. The molecule has 0 amide bonds. The van der Waals surface area contributed by atoms with Crippen molar-refractivity contribution in [2.45, 2.75) is 11.3 Å². The molecule has 0 spiro atoms. The van der Waals surface area contributed by atoms with Crippen molar-refractivity contribution in [2.75, 3.05) is 5.75 Å². The molecular formula is C14H12N2O3S2. The van der Waals surface area contributed by atoms with Gasteiger partial charge in [0.2, 0.25) is 0 Å². The summed E-state index contributed by atoms with van der Waals surface area (Å²) in [4.78, 5) is 5.40. The van der Waals surface area contributed by atoms with Crippen molar-refractivity contribution in [3.8, 4) is 10.8 Å². The van der Waals surface area contributed by atoms with Gasteiger partial charge < -0.3 is 4.52 Å². The highest BCUT2D eigenvalue weighted by molar-refractivity contribution is 7.91. The van der Waals surface area contributed by atoms with Gasteiger partial charge in [-0.3, -0.25) is 0 Å². The van der Waals surface area contributed by atoms with Crippen LogP contribution in [0.15, 0.2) is 57.3 Å². The molecule has 0 bridgehead atoms. The minimum Gasteiger partial charge on any atom is -0.333 e. The van der Waals surface area contributed by atoms with E-state index in [1.807, 2.05) is 17.5 Å². The molecule has 7 heteroatoms. The topological polar surface area (TPSA) is 73.1 Å². The van der Waals surface area contributed by atoms with Gasteiger partial charge in [0, 0.05) is 6.42 Å². The van der Waals surface area contributed by atoms with Crippen molar-refractivity contribution in [3.05, 3.63) is 53.7 Å². The van der Waals surface area contributed by atoms with Crippen LogP contribution < -0.4 is 0 Å². The number of nitrogens with zero attached hydrogens (tertiary/aromatic N) is 2. The first-order valence-corrected chi connectivity index (χ1v) is 8.82. The molecule has 0 aliphatic heterocycles. The molecule has 2 heterocycles. The summed E-state index contributed by atoms with van der Waals surface area (Å²) in [6, 6.07) is 12.1. The van der Waals surface area contributed by atoms with E-state index < -0.39 is 9.84 Å². The largest absolute Gasteiger partial charge is 0.333 e. The molecule has 3 aromatic rings. The first-order chi connectivity index (χ1) is 10.1. The molecule has 5 nitrogen and oxygen atoms in total. The molecule has 0 aliphatic carbocycles. The van der Waals surface area contributed by atoms with E-state index in [-0.39, 0.29) is 12.2 Å². The molecule has 0 unspecified atom stereocenters. The van der Waals surface area contributed by atoms with Crippen molar-refractivity contribution in [1.29, 1.82) is 0 Å². The molecule has 0 aliphatic rings. The third-order valence-corrected chi connectivity index (χ3v) is 5.49. The predicted octanol–water partition coefficient (Wildman–Crippen LogP) is 2.81. The van der Waals surface area contributed by atoms with Crippen LogP contribution in [-0.2, 0) is 16.3 Å². The average Bonchev–Trinajstić information content (AvgIpc) is 3.17. The number of thiophene rings is 1. The maximum absolute atomic E-state index is 12.2. The van der Waals surface area contributed by atoms with Crippen LogP contribution in [0, 0.1) is 0 Å². The molecule has 21 heavy (non-hydrogen) atoms. The summed E-state index contributed by atoms with van der Waals surface area (Å²) in [6.07, 6.45) is 0.228. The van der Waals surface area contributed by atoms with Crippen LogP contribution >= 0.6 is 11.3 Å². The van der Waals surface area contributed by atoms with E-state index in [9.17, 15) is 8.42 Å². The number of aryl methyl sites for hydroxylation is 1. The quantitative estimate of drug-likeness (QED) is 0.723. The summed E-state index contributed by atoms with van der Waals surface area (Å²) in [5.74, 6) is 0.787. The van der Waals surface area contributed by atoms with E-state index in [0.717, 1.165) is 4.88 Å². The molecule has 0 radical (unpaired) electrons. The lowest BCUT2D eigenvalue weighted by Gasteiger charge is -2.01. The lowest BCUT2D eigenvalue weighted by atomic mass is 10.4. The van der Waals surface area contributed by atoms with Crippen LogP contribution in [0.1, 0.15) is 5.82 Å². The van der Waals surface area contributed by atoms with Crippen molar-refractivity contribution < 1.29 is 12.9 Å². The van der Waals surface area contributed by atoms with Crippen LogP contribution in [0.5, 0.6) is 0 Å². The SMILES string of the molecule is O=S(=O)(CCc1noc(-c2cccs2)n1)c1ccccc1.